The normalized spacial score (nSPS) is 12.2. The maximum absolute atomic E-state index is 11.6. The lowest BCUT2D eigenvalue weighted by atomic mass is 9.96. The molecule has 0 heterocycles. The summed E-state index contributed by atoms with van der Waals surface area (Å²) in [4.78, 5) is 22.6. The molecule has 0 rings (SSSR count). The molecular weight excluding hydrogens is 204 g/mol. The molecule has 3 heteroatoms. The Bertz CT molecular complexity index is 211. The van der Waals surface area contributed by atoms with E-state index in [0.717, 1.165) is 19.3 Å². The fourth-order valence-electron chi connectivity index (χ4n) is 1.73. The predicted molar refractivity (Wildman–Crippen MR) is 64.2 cm³/mol. The Labute approximate surface area is 98.6 Å². The predicted octanol–water partition coefficient (Wildman–Crippen LogP) is 3.12. The monoisotopic (exact) mass is 228 g/mol. The van der Waals surface area contributed by atoms with Gasteiger partial charge in [-0.25, -0.2) is 0 Å². The van der Waals surface area contributed by atoms with Gasteiger partial charge >= 0.3 is 5.97 Å². The van der Waals surface area contributed by atoms with Crippen LogP contribution in [0.5, 0.6) is 0 Å². The zero-order chi connectivity index (χ0) is 12.4. The Morgan fingerprint density at radius 3 is 2.31 bits per heavy atom. The van der Waals surface area contributed by atoms with Crippen molar-refractivity contribution in [2.75, 3.05) is 6.61 Å². The molecule has 16 heavy (non-hydrogen) atoms. The topological polar surface area (TPSA) is 43.4 Å². The molecule has 1 atom stereocenters. The van der Waals surface area contributed by atoms with Crippen LogP contribution in [0.1, 0.15) is 59.3 Å². The smallest absolute Gasteiger partial charge is 0.309 e. The molecule has 94 valence electrons. The van der Waals surface area contributed by atoms with E-state index < -0.39 is 0 Å². The Hall–Kier alpha value is -0.860. The van der Waals surface area contributed by atoms with Crippen LogP contribution in [-0.2, 0) is 14.3 Å². The maximum Gasteiger partial charge on any atom is 0.309 e. The second-order valence-electron chi connectivity index (χ2n) is 4.20. The summed E-state index contributed by atoms with van der Waals surface area (Å²) in [5.74, 6) is -0.378. The lowest BCUT2D eigenvalue weighted by Crippen LogP contribution is -2.20. The van der Waals surface area contributed by atoms with E-state index >= 15 is 0 Å². The van der Waals surface area contributed by atoms with Crippen molar-refractivity contribution >= 4 is 11.8 Å². The number of ketones is 1. The molecule has 0 spiro atoms. The number of unbranched alkanes of at least 4 members (excludes halogenated alkanes) is 3. The number of rotatable bonds is 9. The molecule has 0 aromatic carbocycles. The van der Waals surface area contributed by atoms with Crippen molar-refractivity contribution in [3.8, 4) is 0 Å². The SMILES string of the molecule is CCCCCCC(CC(C)=O)C(=O)OCC. The molecule has 0 amide bonds. The number of Topliss-reactive ketones (excluding diaryl/α,β-unsaturated/α-hetero) is 1. The molecule has 0 bridgehead atoms. The molecule has 0 aromatic heterocycles. The number of esters is 1. The van der Waals surface area contributed by atoms with Crippen LogP contribution in [0.3, 0.4) is 0 Å². The Morgan fingerprint density at radius 1 is 1.12 bits per heavy atom. The van der Waals surface area contributed by atoms with E-state index in [4.69, 9.17) is 4.74 Å². The van der Waals surface area contributed by atoms with E-state index in [-0.39, 0.29) is 17.7 Å². The van der Waals surface area contributed by atoms with Crippen molar-refractivity contribution in [1.82, 2.24) is 0 Å². The van der Waals surface area contributed by atoms with Crippen LogP contribution >= 0.6 is 0 Å². The quantitative estimate of drug-likeness (QED) is 0.450. The molecule has 0 N–H and O–H groups in total. The third kappa shape index (κ3) is 7.43. The van der Waals surface area contributed by atoms with Gasteiger partial charge in [-0.1, -0.05) is 32.6 Å². The number of carbonyl (C=O) groups is 2. The minimum Gasteiger partial charge on any atom is -0.466 e. The minimum absolute atomic E-state index is 0.0635. The lowest BCUT2D eigenvalue weighted by molar-refractivity contribution is -0.149. The summed E-state index contributed by atoms with van der Waals surface area (Å²) >= 11 is 0. The molecule has 1 unspecified atom stereocenters. The van der Waals surface area contributed by atoms with E-state index in [9.17, 15) is 9.59 Å². The Morgan fingerprint density at radius 2 is 1.81 bits per heavy atom. The van der Waals surface area contributed by atoms with Crippen LogP contribution in [0.2, 0.25) is 0 Å². The first-order valence-corrected chi connectivity index (χ1v) is 6.27. The van der Waals surface area contributed by atoms with Crippen molar-refractivity contribution in [3.05, 3.63) is 0 Å². The summed E-state index contributed by atoms with van der Waals surface area (Å²) in [5.41, 5.74) is 0. The summed E-state index contributed by atoms with van der Waals surface area (Å²) in [7, 11) is 0. The van der Waals surface area contributed by atoms with Crippen molar-refractivity contribution in [2.45, 2.75) is 59.3 Å². The van der Waals surface area contributed by atoms with E-state index in [2.05, 4.69) is 6.92 Å². The van der Waals surface area contributed by atoms with Gasteiger partial charge < -0.3 is 9.53 Å². The van der Waals surface area contributed by atoms with Crippen molar-refractivity contribution in [2.24, 2.45) is 5.92 Å². The van der Waals surface area contributed by atoms with Crippen molar-refractivity contribution in [3.63, 3.8) is 0 Å². The molecule has 0 saturated heterocycles. The summed E-state index contributed by atoms with van der Waals surface area (Å²) < 4.78 is 4.97. The van der Waals surface area contributed by atoms with Gasteiger partial charge in [0.1, 0.15) is 5.78 Å². The minimum atomic E-state index is -0.227. The van der Waals surface area contributed by atoms with Gasteiger partial charge in [0.2, 0.25) is 0 Å². The van der Waals surface area contributed by atoms with Crippen LogP contribution in [0, 0.1) is 5.92 Å². The highest BCUT2D eigenvalue weighted by atomic mass is 16.5. The van der Waals surface area contributed by atoms with Gasteiger partial charge in [0.05, 0.1) is 12.5 Å². The fraction of sp³-hybridized carbons (Fsp3) is 0.846. The summed E-state index contributed by atoms with van der Waals surface area (Å²) in [6.07, 6.45) is 5.60. The average molecular weight is 228 g/mol. The first-order chi connectivity index (χ1) is 7.61. The second kappa shape index (κ2) is 9.37. The van der Waals surface area contributed by atoms with Gasteiger partial charge in [0.25, 0.3) is 0 Å². The van der Waals surface area contributed by atoms with Gasteiger partial charge in [-0.2, -0.15) is 0 Å². The standard InChI is InChI=1S/C13H24O3/c1-4-6-7-8-9-12(10-11(3)14)13(15)16-5-2/h12H,4-10H2,1-3H3. The van der Waals surface area contributed by atoms with Crippen LogP contribution in [-0.4, -0.2) is 18.4 Å². The van der Waals surface area contributed by atoms with Gasteiger partial charge in [-0.15, -0.1) is 0 Å². The molecule has 0 fully saturated rings. The number of carbonyl (C=O) groups excluding carboxylic acids is 2. The summed E-state index contributed by atoms with van der Waals surface area (Å²) in [5, 5.41) is 0. The van der Waals surface area contributed by atoms with Crippen LogP contribution < -0.4 is 0 Å². The molecule has 0 aliphatic carbocycles. The zero-order valence-corrected chi connectivity index (χ0v) is 10.8. The third-order valence-electron chi connectivity index (χ3n) is 2.56. The molecule has 0 aromatic rings. The summed E-state index contributed by atoms with van der Waals surface area (Å²) in [6, 6.07) is 0. The highest BCUT2D eigenvalue weighted by Gasteiger charge is 2.20. The largest absolute Gasteiger partial charge is 0.466 e. The van der Waals surface area contributed by atoms with Gasteiger partial charge in [0.15, 0.2) is 0 Å². The first-order valence-electron chi connectivity index (χ1n) is 6.27. The second-order valence-corrected chi connectivity index (χ2v) is 4.20. The number of hydrogen-bond donors (Lipinski definition) is 0. The maximum atomic E-state index is 11.6. The van der Waals surface area contributed by atoms with E-state index in [1.54, 1.807) is 6.92 Å². The van der Waals surface area contributed by atoms with Gasteiger partial charge in [-0.3, -0.25) is 4.79 Å². The third-order valence-corrected chi connectivity index (χ3v) is 2.56. The van der Waals surface area contributed by atoms with Crippen LogP contribution in [0.15, 0.2) is 0 Å². The van der Waals surface area contributed by atoms with E-state index in [1.807, 2.05) is 0 Å². The number of hydrogen-bond acceptors (Lipinski definition) is 3. The average Bonchev–Trinajstić information content (AvgIpc) is 2.22. The fourth-order valence-corrected chi connectivity index (χ4v) is 1.73. The van der Waals surface area contributed by atoms with Crippen LogP contribution in [0.25, 0.3) is 0 Å². The molecule has 0 saturated carbocycles. The summed E-state index contributed by atoms with van der Waals surface area (Å²) in [6.45, 7) is 5.86. The molecule has 0 radical (unpaired) electrons. The van der Waals surface area contributed by atoms with E-state index in [1.165, 1.54) is 19.8 Å². The molecule has 0 aliphatic rings. The first kappa shape index (κ1) is 15.1. The van der Waals surface area contributed by atoms with Crippen molar-refractivity contribution in [1.29, 1.82) is 0 Å². The van der Waals surface area contributed by atoms with Crippen molar-refractivity contribution < 1.29 is 14.3 Å². The number of ether oxygens (including phenoxy) is 1. The lowest BCUT2D eigenvalue weighted by Gasteiger charge is -2.13. The molecular formula is C13H24O3. The van der Waals surface area contributed by atoms with Gasteiger partial charge in [-0.05, 0) is 20.3 Å². The van der Waals surface area contributed by atoms with E-state index in [0.29, 0.717) is 13.0 Å². The highest BCUT2D eigenvalue weighted by Crippen LogP contribution is 2.16. The molecule has 0 aliphatic heterocycles. The highest BCUT2D eigenvalue weighted by molar-refractivity contribution is 5.82. The zero-order valence-electron chi connectivity index (χ0n) is 10.8. The molecule has 3 nitrogen and oxygen atoms in total. The van der Waals surface area contributed by atoms with Gasteiger partial charge in [0, 0.05) is 6.42 Å². The Balaban J connectivity index is 3.99. The van der Waals surface area contributed by atoms with Crippen LogP contribution in [0.4, 0.5) is 0 Å². The Kier molecular flexibility index (Phi) is 8.87.